The van der Waals surface area contributed by atoms with E-state index < -0.39 is 22.0 Å². The van der Waals surface area contributed by atoms with E-state index in [-0.39, 0.29) is 18.1 Å². The molecule has 1 aliphatic rings. The average Bonchev–Trinajstić information content (AvgIpc) is 3.24. The predicted molar refractivity (Wildman–Crippen MR) is 112 cm³/mol. The Bertz CT molecular complexity index is 941. The lowest BCUT2D eigenvalue weighted by Gasteiger charge is -2.22. The summed E-state index contributed by atoms with van der Waals surface area (Å²) in [4.78, 5) is 12.7. The van der Waals surface area contributed by atoms with Gasteiger partial charge in [0.15, 0.2) is 0 Å². The molecular weight excluding hydrogens is 406 g/mol. The highest BCUT2D eigenvalue weighted by Gasteiger charge is 2.40. The van der Waals surface area contributed by atoms with E-state index in [4.69, 9.17) is 14.2 Å². The van der Waals surface area contributed by atoms with Gasteiger partial charge in [-0.2, -0.15) is 4.31 Å². The lowest BCUT2D eigenvalue weighted by Crippen LogP contribution is -2.41. The molecule has 0 radical (unpaired) electrons. The first-order valence-electron chi connectivity index (χ1n) is 10.0. The number of aryl methyl sites for hydroxylation is 1. The summed E-state index contributed by atoms with van der Waals surface area (Å²) in [7, 11) is -3.74. The maximum absolute atomic E-state index is 12.9. The van der Waals surface area contributed by atoms with Crippen LogP contribution in [0.3, 0.4) is 0 Å². The number of hydrogen-bond donors (Lipinski definition) is 0. The van der Waals surface area contributed by atoms with Crippen molar-refractivity contribution < 1.29 is 27.4 Å². The van der Waals surface area contributed by atoms with Gasteiger partial charge >= 0.3 is 5.97 Å². The van der Waals surface area contributed by atoms with Crippen molar-refractivity contribution in [2.45, 2.75) is 37.6 Å². The summed E-state index contributed by atoms with van der Waals surface area (Å²) in [6.07, 6.45) is 1.07. The third-order valence-corrected chi connectivity index (χ3v) is 6.76. The molecule has 0 spiro atoms. The molecule has 1 aliphatic heterocycles. The van der Waals surface area contributed by atoms with Crippen LogP contribution in [0.1, 0.15) is 25.3 Å². The van der Waals surface area contributed by atoms with Crippen LogP contribution in [0.4, 0.5) is 0 Å². The van der Waals surface area contributed by atoms with E-state index in [1.54, 1.807) is 48.5 Å². The van der Waals surface area contributed by atoms with E-state index in [9.17, 15) is 13.2 Å². The van der Waals surface area contributed by atoms with E-state index in [2.05, 4.69) is 0 Å². The summed E-state index contributed by atoms with van der Waals surface area (Å²) in [6, 6.07) is 13.0. The first kappa shape index (κ1) is 22.1. The van der Waals surface area contributed by atoms with Crippen LogP contribution in [0.25, 0.3) is 0 Å². The van der Waals surface area contributed by atoms with Gasteiger partial charge in [0.2, 0.25) is 10.0 Å². The fourth-order valence-electron chi connectivity index (χ4n) is 3.31. The fourth-order valence-corrected chi connectivity index (χ4v) is 4.95. The van der Waals surface area contributed by atoms with Crippen molar-refractivity contribution in [1.82, 2.24) is 4.31 Å². The number of nitrogens with zero attached hydrogens (tertiary/aromatic N) is 1. The summed E-state index contributed by atoms with van der Waals surface area (Å²) < 4.78 is 43.3. The number of rotatable bonds is 9. The van der Waals surface area contributed by atoms with E-state index in [0.717, 1.165) is 11.3 Å². The molecule has 30 heavy (non-hydrogen) atoms. The molecule has 0 aromatic heterocycles. The fraction of sp³-hybridized carbons (Fsp3) is 0.409. The highest BCUT2D eigenvalue weighted by molar-refractivity contribution is 7.89. The summed E-state index contributed by atoms with van der Waals surface area (Å²) in [5.74, 6) is 0.852. The Morgan fingerprint density at radius 3 is 2.27 bits per heavy atom. The maximum Gasteiger partial charge on any atom is 0.324 e. The van der Waals surface area contributed by atoms with Gasteiger partial charge in [0.1, 0.15) is 30.8 Å². The second-order valence-electron chi connectivity index (χ2n) is 7.01. The van der Waals surface area contributed by atoms with Crippen molar-refractivity contribution in [3.63, 3.8) is 0 Å². The predicted octanol–water partition coefficient (Wildman–Crippen LogP) is 3.17. The number of carbonyl (C=O) groups excluding carboxylic acids is 1. The number of sulfonamides is 1. The van der Waals surface area contributed by atoms with Crippen LogP contribution in [0.2, 0.25) is 0 Å². The molecule has 1 heterocycles. The van der Waals surface area contributed by atoms with Crippen LogP contribution < -0.4 is 9.47 Å². The molecule has 0 N–H and O–H groups in total. The Balaban J connectivity index is 1.52. The van der Waals surface area contributed by atoms with Gasteiger partial charge in [-0.25, -0.2) is 8.42 Å². The molecule has 0 saturated carbocycles. The molecule has 0 aliphatic carbocycles. The van der Waals surface area contributed by atoms with Crippen LogP contribution in [0.15, 0.2) is 53.4 Å². The Morgan fingerprint density at radius 1 is 1.00 bits per heavy atom. The highest BCUT2D eigenvalue weighted by Crippen LogP contribution is 2.27. The smallest absolute Gasteiger partial charge is 0.324 e. The summed E-state index contributed by atoms with van der Waals surface area (Å²) in [5.41, 5.74) is 0.971. The molecule has 8 heteroatoms. The number of carbonyl (C=O) groups is 1. The number of esters is 1. The summed E-state index contributed by atoms with van der Waals surface area (Å²) in [6.45, 7) is 4.92. The van der Waals surface area contributed by atoms with Gasteiger partial charge in [-0.15, -0.1) is 0 Å². The van der Waals surface area contributed by atoms with E-state index in [1.807, 2.05) is 13.8 Å². The Hall–Kier alpha value is -2.58. The van der Waals surface area contributed by atoms with E-state index >= 15 is 0 Å². The largest absolute Gasteiger partial charge is 0.494 e. The second-order valence-corrected chi connectivity index (χ2v) is 8.90. The quantitative estimate of drug-likeness (QED) is 0.446. The van der Waals surface area contributed by atoms with Crippen LogP contribution in [0.5, 0.6) is 11.5 Å². The minimum absolute atomic E-state index is 0.0426. The van der Waals surface area contributed by atoms with Crippen LogP contribution in [0, 0.1) is 6.92 Å². The van der Waals surface area contributed by atoms with Crippen LogP contribution >= 0.6 is 0 Å². The standard InChI is InChI=1S/C22H27NO6S/c1-3-27-18-8-10-19(11-9-18)28-15-16-29-22(24)21-5-4-14-23(21)30(25,26)20-12-6-17(2)7-13-20/h6-13,21H,3-5,14-16H2,1-2H3. The van der Waals surface area contributed by atoms with Gasteiger partial charge in [-0.1, -0.05) is 17.7 Å². The van der Waals surface area contributed by atoms with Gasteiger partial charge in [-0.05, 0) is 63.1 Å². The molecule has 0 bridgehead atoms. The third kappa shape index (κ3) is 5.31. The van der Waals surface area contributed by atoms with Crippen molar-refractivity contribution >= 4 is 16.0 Å². The molecule has 1 unspecified atom stereocenters. The Labute approximate surface area is 177 Å². The molecular formula is C22H27NO6S. The van der Waals surface area contributed by atoms with Crippen molar-refractivity contribution in [2.24, 2.45) is 0 Å². The molecule has 162 valence electrons. The van der Waals surface area contributed by atoms with Crippen LogP contribution in [-0.4, -0.2) is 51.1 Å². The van der Waals surface area contributed by atoms with E-state index in [0.29, 0.717) is 31.7 Å². The molecule has 1 fully saturated rings. The van der Waals surface area contributed by atoms with Gasteiger partial charge in [0.05, 0.1) is 11.5 Å². The highest BCUT2D eigenvalue weighted by atomic mass is 32.2. The first-order chi connectivity index (χ1) is 14.4. The van der Waals surface area contributed by atoms with Gasteiger partial charge in [-0.3, -0.25) is 4.79 Å². The zero-order valence-electron chi connectivity index (χ0n) is 17.2. The first-order valence-corrected chi connectivity index (χ1v) is 11.5. The Morgan fingerprint density at radius 2 is 1.63 bits per heavy atom. The second kappa shape index (κ2) is 9.95. The zero-order valence-corrected chi connectivity index (χ0v) is 18.1. The lowest BCUT2D eigenvalue weighted by molar-refractivity contribution is -0.148. The Kier molecular flexibility index (Phi) is 7.33. The molecule has 0 amide bonds. The minimum Gasteiger partial charge on any atom is -0.494 e. The molecule has 2 aromatic rings. The average molecular weight is 434 g/mol. The zero-order chi connectivity index (χ0) is 21.6. The number of hydrogen-bond acceptors (Lipinski definition) is 6. The monoisotopic (exact) mass is 433 g/mol. The van der Waals surface area contributed by atoms with Gasteiger partial charge in [0, 0.05) is 6.54 Å². The maximum atomic E-state index is 12.9. The summed E-state index contributed by atoms with van der Waals surface area (Å²) >= 11 is 0. The molecule has 3 rings (SSSR count). The van der Waals surface area contributed by atoms with Gasteiger partial charge < -0.3 is 14.2 Å². The SMILES string of the molecule is CCOc1ccc(OCCOC(=O)C2CCCN2S(=O)(=O)c2ccc(C)cc2)cc1. The lowest BCUT2D eigenvalue weighted by atomic mass is 10.2. The number of benzene rings is 2. The summed E-state index contributed by atoms with van der Waals surface area (Å²) in [5, 5.41) is 0. The van der Waals surface area contributed by atoms with Crippen LogP contribution in [-0.2, 0) is 19.6 Å². The molecule has 1 atom stereocenters. The molecule has 2 aromatic carbocycles. The van der Waals surface area contributed by atoms with Crippen molar-refractivity contribution in [3.05, 3.63) is 54.1 Å². The third-order valence-electron chi connectivity index (χ3n) is 4.83. The van der Waals surface area contributed by atoms with Crippen molar-refractivity contribution in [3.8, 4) is 11.5 Å². The minimum atomic E-state index is -3.74. The topological polar surface area (TPSA) is 82.1 Å². The molecule has 7 nitrogen and oxygen atoms in total. The van der Waals surface area contributed by atoms with E-state index in [1.165, 1.54) is 4.31 Å². The molecule has 1 saturated heterocycles. The van der Waals surface area contributed by atoms with Gasteiger partial charge in [0.25, 0.3) is 0 Å². The normalized spacial score (nSPS) is 16.9. The van der Waals surface area contributed by atoms with Crippen molar-refractivity contribution in [2.75, 3.05) is 26.4 Å². The number of ether oxygens (including phenoxy) is 3. The van der Waals surface area contributed by atoms with Crippen molar-refractivity contribution in [1.29, 1.82) is 0 Å².